The molecule has 3 rings (SSSR count). The Morgan fingerprint density at radius 3 is 2.36 bits per heavy atom. The van der Waals surface area contributed by atoms with Gasteiger partial charge in [0.1, 0.15) is 5.75 Å². The number of nitrogens with zero attached hydrogens (tertiary/aromatic N) is 1. The summed E-state index contributed by atoms with van der Waals surface area (Å²) in [5, 5.41) is 3.15. The molecule has 1 aromatic heterocycles. The molecule has 0 aliphatic carbocycles. The van der Waals surface area contributed by atoms with Gasteiger partial charge in [-0.15, -0.1) is 0 Å². The number of hydrogen-bond donors (Lipinski definition) is 1. The Balaban J connectivity index is 1.94. The predicted octanol–water partition coefficient (Wildman–Crippen LogP) is 3.07. The van der Waals surface area contributed by atoms with Crippen molar-refractivity contribution in [2.75, 3.05) is 7.11 Å². The third-order valence-electron chi connectivity index (χ3n) is 3.75. The lowest BCUT2D eigenvalue weighted by Gasteiger charge is -2.02. The Labute approximate surface area is 129 Å². The van der Waals surface area contributed by atoms with E-state index in [1.807, 2.05) is 61.5 Å². The maximum absolute atomic E-state index is 12.6. The summed E-state index contributed by atoms with van der Waals surface area (Å²) < 4.78 is 6.75. The summed E-state index contributed by atoms with van der Waals surface area (Å²) in [6.45, 7) is 1.93. The van der Waals surface area contributed by atoms with Gasteiger partial charge in [-0.25, -0.2) is 4.68 Å². The molecule has 1 heterocycles. The van der Waals surface area contributed by atoms with Crippen molar-refractivity contribution in [1.82, 2.24) is 9.78 Å². The Hall–Kier alpha value is -2.75. The highest BCUT2D eigenvalue weighted by atomic mass is 16.5. The first kappa shape index (κ1) is 14.2. The van der Waals surface area contributed by atoms with Crippen molar-refractivity contribution in [1.29, 1.82) is 0 Å². The van der Waals surface area contributed by atoms with Gasteiger partial charge in [0.2, 0.25) is 0 Å². The molecule has 4 nitrogen and oxygen atoms in total. The molecule has 1 N–H and O–H groups in total. The van der Waals surface area contributed by atoms with Crippen LogP contribution in [0.5, 0.6) is 5.75 Å². The summed E-state index contributed by atoms with van der Waals surface area (Å²) in [6.07, 6.45) is 0.602. The topological polar surface area (TPSA) is 47.0 Å². The van der Waals surface area contributed by atoms with Gasteiger partial charge in [-0.2, -0.15) is 0 Å². The number of rotatable bonds is 4. The van der Waals surface area contributed by atoms with Crippen LogP contribution in [0, 0.1) is 6.92 Å². The molecule has 112 valence electrons. The quantitative estimate of drug-likeness (QED) is 0.804. The maximum atomic E-state index is 12.6. The molecule has 0 amide bonds. The van der Waals surface area contributed by atoms with E-state index in [1.54, 1.807) is 11.8 Å². The van der Waals surface area contributed by atoms with E-state index in [1.165, 1.54) is 0 Å². The number of hydrogen-bond acceptors (Lipinski definition) is 2. The predicted molar refractivity (Wildman–Crippen MR) is 86.9 cm³/mol. The molecule has 0 aliphatic rings. The van der Waals surface area contributed by atoms with Crippen LogP contribution in [0.15, 0.2) is 59.4 Å². The summed E-state index contributed by atoms with van der Waals surface area (Å²) in [6, 6.07) is 17.4. The Bertz CT molecular complexity index is 815. The molecule has 3 aromatic rings. The van der Waals surface area contributed by atoms with Gasteiger partial charge in [0.05, 0.1) is 12.8 Å². The second-order valence-corrected chi connectivity index (χ2v) is 5.22. The van der Waals surface area contributed by atoms with E-state index in [2.05, 4.69) is 5.10 Å². The van der Waals surface area contributed by atoms with Crippen molar-refractivity contribution in [3.63, 3.8) is 0 Å². The van der Waals surface area contributed by atoms with E-state index in [9.17, 15) is 4.79 Å². The van der Waals surface area contributed by atoms with Crippen LogP contribution >= 0.6 is 0 Å². The fourth-order valence-corrected chi connectivity index (χ4v) is 2.50. The van der Waals surface area contributed by atoms with Crippen molar-refractivity contribution < 1.29 is 4.74 Å². The van der Waals surface area contributed by atoms with Gasteiger partial charge in [-0.3, -0.25) is 9.89 Å². The van der Waals surface area contributed by atoms with E-state index < -0.39 is 0 Å². The Morgan fingerprint density at radius 2 is 1.73 bits per heavy atom. The van der Waals surface area contributed by atoms with Crippen LogP contribution in [0.1, 0.15) is 16.8 Å². The fraction of sp³-hybridized carbons (Fsp3) is 0.167. The van der Waals surface area contributed by atoms with Crippen LogP contribution in [0.25, 0.3) is 5.69 Å². The van der Waals surface area contributed by atoms with E-state index >= 15 is 0 Å². The van der Waals surface area contributed by atoms with Crippen molar-refractivity contribution in [3.8, 4) is 11.4 Å². The zero-order valence-electron chi connectivity index (χ0n) is 12.7. The smallest absolute Gasteiger partial charge is 0.274 e. The molecule has 0 fully saturated rings. The summed E-state index contributed by atoms with van der Waals surface area (Å²) in [4.78, 5) is 12.6. The van der Waals surface area contributed by atoms with E-state index in [0.717, 1.165) is 28.3 Å². The average molecular weight is 294 g/mol. The highest BCUT2D eigenvalue weighted by Gasteiger charge is 2.12. The second-order valence-electron chi connectivity index (χ2n) is 5.22. The summed E-state index contributed by atoms with van der Waals surface area (Å²) in [5.41, 5.74) is 3.61. The molecule has 0 aliphatic heterocycles. The number of benzene rings is 2. The lowest BCUT2D eigenvalue weighted by atomic mass is 10.1. The van der Waals surface area contributed by atoms with E-state index in [0.29, 0.717) is 6.42 Å². The lowest BCUT2D eigenvalue weighted by Crippen LogP contribution is -2.17. The molecule has 0 saturated carbocycles. The largest absolute Gasteiger partial charge is 0.497 e. The van der Waals surface area contributed by atoms with Gasteiger partial charge in [0.15, 0.2) is 0 Å². The molecule has 0 spiro atoms. The minimum absolute atomic E-state index is 0.000446. The van der Waals surface area contributed by atoms with Crippen LogP contribution < -0.4 is 10.3 Å². The molecule has 22 heavy (non-hydrogen) atoms. The van der Waals surface area contributed by atoms with E-state index in [-0.39, 0.29) is 5.56 Å². The number of methoxy groups -OCH3 is 1. The standard InChI is InChI=1S/C18H18N2O2/c1-13-17(12-14-8-10-16(22-2)11-9-14)18(21)20(19-13)15-6-4-3-5-7-15/h3-11,19H,12H2,1-2H3. The molecule has 2 aromatic carbocycles. The monoisotopic (exact) mass is 294 g/mol. The molecule has 0 bridgehead atoms. The van der Waals surface area contributed by atoms with Crippen LogP contribution in [0.3, 0.4) is 0 Å². The summed E-state index contributed by atoms with van der Waals surface area (Å²) in [5.74, 6) is 0.816. The van der Waals surface area contributed by atoms with Crippen LogP contribution in [-0.4, -0.2) is 16.9 Å². The number of ether oxygens (including phenoxy) is 1. The minimum Gasteiger partial charge on any atom is -0.497 e. The van der Waals surface area contributed by atoms with E-state index in [4.69, 9.17) is 4.74 Å². The Morgan fingerprint density at radius 1 is 1.05 bits per heavy atom. The van der Waals surface area contributed by atoms with Gasteiger partial charge in [-0.05, 0) is 36.8 Å². The highest BCUT2D eigenvalue weighted by Crippen LogP contribution is 2.15. The summed E-state index contributed by atoms with van der Waals surface area (Å²) >= 11 is 0. The van der Waals surface area contributed by atoms with Gasteiger partial charge < -0.3 is 4.74 Å². The van der Waals surface area contributed by atoms with Crippen LogP contribution in [0.4, 0.5) is 0 Å². The van der Waals surface area contributed by atoms with Gasteiger partial charge in [-0.1, -0.05) is 30.3 Å². The first-order valence-electron chi connectivity index (χ1n) is 7.18. The van der Waals surface area contributed by atoms with Crippen molar-refractivity contribution in [2.24, 2.45) is 0 Å². The minimum atomic E-state index is -0.000446. The fourth-order valence-electron chi connectivity index (χ4n) is 2.50. The molecule has 0 saturated heterocycles. The zero-order chi connectivity index (χ0) is 15.5. The normalized spacial score (nSPS) is 10.6. The number of aromatic nitrogens is 2. The van der Waals surface area contributed by atoms with Crippen molar-refractivity contribution in [3.05, 3.63) is 81.8 Å². The number of H-pyrrole nitrogens is 1. The van der Waals surface area contributed by atoms with Gasteiger partial charge in [0, 0.05) is 17.7 Å². The summed E-state index contributed by atoms with van der Waals surface area (Å²) in [7, 11) is 1.64. The Kier molecular flexibility index (Phi) is 3.83. The zero-order valence-corrected chi connectivity index (χ0v) is 12.7. The van der Waals surface area contributed by atoms with Crippen LogP contribution in [0.2, 0.25) is 0 Å². The van der Waals surface area contributed by atoms with Crippen molar-refractivity contribution >= 4 is 0 Å². The third kappa shape index (κ3) is 2.68. The molecule has 0 radical (unpaired) electrons. The van der Waals surface area contributed by atoms with Gasteiger partial charge in [0.25, 0.3) is 5.56 Å². The van der Waals surface area contributed by atoms with Crippen molar-refractivity contribution in [2.45, 2.75) is 13.3 Å². The molecule has 0 unspecified atom stereocenters. The molecule has 0 atom stereocenters. The van der Waals surface area contributed by atoms with Crippen LogP contribution in [-0.2, 0) is 6.42 Å². The molecular formula is C18H18N2O2. The first-order valence-corrected chi connectivity index (χ1v) is 7.18. The number of nitrogens with one attached hydrogen (secondary N) is 1. The number of aryl methyl sites for hydroxylation is 1. The second kappa shape index (κ2) is 5.93. The first-order chi connectivity index (χ1) is 10.7. The van der Waals surface area contributed by atoms with Gasteiger partial charge >= 0.3 is 0 Å². The molecule has 4 heteroatoms. The number of aromatic amines is 1. The lowest BCUT2D eigenvalue weighted by molar-refractivity contribution is 0.414. The average Bonchev–Trinajstić information content (AvgIpc) is 2.84. The SMILES string of the molecule is COc1ccc(Cc2c(C)[nH]n(-c3ccccc3)c2=O)cc1. The molecular weight excluding hydrogens is 276 g/mol. The third-order valence-corrected chi connectivity index (χ3v) is 3.75. The maximum Gasteiger partial charge on any atom is 0.274 e. The number of para-hydroxylation sites is 1. The highest BCUT2D eigenvalue weighted by molar-refractivity contribution is 5.35.